The van der Waals surface area contributed by atoms with Gasteiger partial charge in [0.15, 0.2) is 0 Å². The number of unbranched alkanes of at least 4 members (excludes halogenated alkanes) is 1. The lowest BCUT2D eigenvalue weighted by molar-refractivity contribution is -0.132. The molecule has 148 valence electrons. The first-order chi connectivity index (χ1) is 14.1. The smallest absolute Gasteiger partial charge is 0.332 e. The van der Waals surface area contributed by atoms with E-state index in [-0.39, 0.29) is 0 Å². The predicted octanol–water partition coefficient (Wildman–Crippen LogP) is 4.92. The number of imidazole rings is 1. The fourth-order valence-corrected chi connectivity index (χ4v) is 3.89. The van der Waals surface area contributed by atoms with Crippen molar-refractivity contribution in [1.82, 2.24) is 9.55 Å². The van der Waals surface area contributed by atoms with Crippen LogP contribution in [0, 0.1) is 11.3 Å². The molecule has 0 aliphatic carbocycles. The van der Waals surface area contributed by atoms with Crippen LogP contribution in [0.2, 0.25) is 0 Å². The molecule has 0 aliphatic rings. The monoisotopic (exact) mass is 405 g/mol. The first-order valence-corrected chi connectivity index (χ1v) is 10.5. The van der Waals surface area contributed by atoms with E-state index < -0.39 is 5.97 Å². The van der Waals surface area contributed by atoms with E-state index in [1.807, 2.05) is 40.3 Å². The summed E-state index contributed by atoms with van der Waals surface area (Å²) in [4.78, 5) is 17.4. The Morgan fingerprint density at radius 1 is 1.31 bits per heavy atom. The summed E-state index contributed by atoms with van der Waals surface area (Å²) >= 11 is 1.54. The van der Waals surface area contributed by atoms with E-state index in [0.717, 1.165) is 41.2 Å². The number of rotatable bonds is 9. The molecule has 5 nitrogen and oxygen atoms in total. The average molecular weight is 406 g/mol. The van der Waals surface area contributed by atoms with E-state index >= 15 is 0 Å². The van der Waals surface area contributed by atoms with Gasteiger partial charge in [0.25, 0.3) is 0 Å². The van der Waals surface area contributed by atoms with Crippen molar-refractivity contribution in [3.8, 4) is 6.07 Å². The average Bonchev–Trinajstić information content (AvgIpc) is 3.37. The van der Waals surface area contributed by atoms with Crippen molar-refractivity contribution in [2.75, 3.05) is 0 Å². The van der Waals surface area contributed by atoms with Crippen LogP contribution < -0.4 is 0 Å². The van der Waals surface area contributed by atoms with Gasteiger partial charge >= 0.3 is 5.97 Å². The van der Waals surface area contributed by atoms with Gasteiger partial charge in [-0.1, -0.05) is 37.6 Å². The van der Waals surface area contributed by atoms with Crippen molar-refractivity contribution < 1.29 is 9.90 Å². The number of hydrogen-bond donors (Lipinski definition) is 1. The molecule has 3 aromatic rings. The summed E-state index contributed by atoms with van der Waals surface area (Å²) in [5.74, 6) is -0.0228. The van der Waals surface area contributed by atoms with Crippen LogP contribution in [0.1, 0.15) is 47.3 Å². The number of thiophene rings is 1. The molecule has 0 saturated carbocycles. The lowest BCUT2D eigenvalue weighted by atomic mass is 10.1. The van der Waals surface area contributed by atoms with Crippen LogP contribution in [0.15, 0.2) is 53.5 Å². The molecular weight excluding hydrogens is 382 g/mol. The molecule has 0 atom stereocenters. The number of carboxylic acid groups (broad SMARTS) is 1. The predicted molar refractivity (Wildman–Crippen MR) is 115 cm³/mol. The van der Waals surface area contributed by atoms with Gasteiger partial charge in [-0.25, -0.2) is 9.78 Å². The van der Waals surface area contributed by atoms with Crippen LogP contribution in [0.3, 0.4) is 0 Å². The van der Waals surface area contributed by atoms with Crippen LogP contribution in [-0.4, -0.2) is 20.6 Å². The van der Waals surface area contributed by atoms with Gasteiger partial charge in [0.2, 0.25) is 0 Å². The molecule has 0 fully saturated rings. The Labute approximate surface area is 174 Å². The molecule has 0 amide bonds. The summed E-state index contributed by atoms with van der Waals surface area (Å²) in [6, 6.07) is 13.6. The minimum absolute atomic E-state index is 0.323. The second-order valence-electron chi connectivity index (χ2n) is 6.79. The molecule has 1 aromatic carbocycles. The number of nitrogens with zero attached hydrogens (tertiary/aromatic N) is 3. The molecule has 2 aromatic heterocycles. The molecule has 0 bridgehead atoms. The summed E-state index contributed by atoms with van der Waals surface area (Å²) in [6.45, 7) is 2.61. The highest BCUT2D eigenvalue weighted by Crippen LogP contribution is 2.20. The van der Waals surface area contributed by atoms with Crippen molar-refractivity contribution in [1.29, 1.82) is 5.26 Å². The van der Waals surface area contributed by atoms with E-state index in [1.165, 1.54) is 0 Å². The largest absolute Gasteiger partial charge is 0.478 e. The Hall–Kier alpha value is -3.17. The van der Waals surface area contributed by atoms with Crippen molar-refractivity contribution >= 4 is 23.4 Å². The Bertz CT molecular complexity index is 1040. The zero-order valence-electron chi connectivity index (χ0n) is 16.3. The van der Waals surface area contributed by atoms with Gasteiger partial charge in [-0.2, -0.15) is 5.26 Å². The molecule has 1 N–H and O–H groups in total. The Morgan fingerprint density at radius 3 is 2.83 bits per heavy atom. The van der Waals surface area contributed by atoms with Crippen LogP contribution in [0.4, 0.5) is 0 Å². The van der Waals surface area contributed by atoms with E-state index in [9.17, 15) is 15.2 Å². The third-order valence-corrected chi connectivity index (χ3v) is 5.61. The van der Waals surface area contributed by atoms with Gasteiger partial charge in [0.05, 0.1) is 30.1 Å². The van der Waals surface area contributed by atoms with Gasteiger partial charge in [0.1, 0.15) is 5.82 Å². The Morgan fingerprint density at radius 2 is 2.14 bits per heavy atom. The normalized spacial score (nSPS) is 11.4. The second-order valence-corrected chi connectivity index (χ2v) is 7.82. The minimum atomic E-state index is -0.932. The third kappa shape index (κ3) is 5.21. The van der Waals surface area contributed by atoms with Gasteiger partial charge in [-0.05, 0) is 35.6 Å². The number of benzene rings is 1. The summed E-state index contributed by atoms with van der Waals surface area (Å²) in [5.41, 5.74) is 2.59. The second kappa shape index (κ2) is 9.85. The molecule has 6 heteroatoms. The molecule has 0 saturated heterocycles. The van der Waals surface area contributed by atoms with Crippen LogP contribution >= 0.6 is 11.3 Å². The number of aromatic nitrogens is 2. The lowest BCUT2D eigenvalue weighted by Crippen LogP contribution is -2.10. The first kappa shape index (κ1) is 20.6. The highest BCUT2D eigenvalue weighted by molar-refractivity contribution is 7.09. The maximum absolute atomic E-state index is 11.8. The minimum Gasteiger partial charge on any atom is -0.478 e. The molecule has 29 heavy (non-hydrogen) atoms. The van der Waals surface area contributed by atoms with Crippen LogP contribution in [-0.2, 0) is 24.2 Å². The van der Waals surface area contributed by atoms with Crippen molar-refractivity contribution in [2.24, 2.45) is 0 Å². The fraction of sp³-hybridized carbons (Fsp3) is 0.261. The number of nitriles is 1. The summed E-state index contributed by atoms with van der Waals surface area (Å²) < 4.78 is 2.03. The first-order valence-electron chi connectivity index (χ1n) is 9.61. The van der Waals surface area contributed by atoms with Crippen molar-refractivity contribution in [2.45, 2.75) is 39.2 Å². The third-order valence-electron chi connectivity index (χ3n) is 4.73. The number of carbonyl (C=O) groups is 1. The highest BCUT2D eigenvalue weighted by atomic mass is 32.1. The number of carboxylic acids is 1. The molecule has 2 heterocycles. The van der Waals surface area contributed by atoms with Gasteiger partial charge in [0, 0.05) is 23.3 Å². The maximum atomic E-state index is 11.8. The van der Waals surface area contributed by atoms with Gasteiger partial charge < -0.3 is 9.67 Å². The van der Waals surface area contributed by atoms with E-state index in [4.69, 9.17) is 0 Å². The van der Waals surface area contributed by atoms with Crippen molar-refractivity contribution in [3.63, 3.8) is 0 Å². The quantitative estimate of drug-likeness (QED) is 0.513. The summed E-state index contributed by atoms with van der Waals surface area (Å²) in [5, 5.41) is 21.1. The maximum Gasteiger partial charge on any atom is 0.332 e. The number of hydrogen-bond acceptors (Lipinski definition) is 4. The zero-order chi connectivity index (χ0) is 20.6. The molecule has 0 unspecified atom stereocenters. The van der Waals surface area contributed by atoms with Crippen LogP contribution in [0.5, 0.6) is 0 Å². The Kier molecular flexibility index (Phi) is 6.99. The van der Waals surface area contributed by atoms with E-state index in [1.54, 1.807) is 29.7 Å². The standard InChI is InChI=1S/C23H23N3O2S/c1-2-3-10-22-25-15-20(12-19(23(27)28)13-21-9-6-11-29-21)26(22)16-18-8-5-4-7-17(18)14-24/h4-9,11-12,15H,2-3,10,13,16H2,1H3,(H,27,28)/b19-12+. The van der Waals surface area contributed by atoms with Crippen molar-refractivity contribution in [3.05, 3.63) is 81.1 Å². The topological polar surface area (TPSA) is 78.9 Å². The molecule has 0 radical (unpaired) electrons. The molecule has 0 aliphatic heterocycles. The SMILES string of the molecule is CCCCc1ncc(/C=C(\Cc2cccs2)C(=O)O)n1Cc1ccccc1C#N. The summed E-state index contributed by atoms with van der Waals surface area (Å²) in [6.07, 6.45) is 6.67. The molecule has 3 rings (SSSR count). The Balaban J connectivity index is 2.00. The zero-order valence-corrected chi connectivity index (χ0v) is 17.2. The van der Waals surface area contributed by atoms with E-state index in [0.29, 0.717) is 24.1 Å². The highest BCUT2D eigenvalue weighted by Gasteiger charge is 2.15. The molecular formula is C23H23N3O2S. The number of aliphatic carboxylic acids is 1. The van der Waals surface area contributed by atoms with Gasteiger partial charge in [-0.3, -0.25) is 0 Å². The van der Waals surface area contributed by atoms with Gasteiger partial charge in [-0.15, -0.1) is 11.3 Å². The van der Waals surface area contributed by atoms with E-state index in [2.05, 4.69) is 18.0 Å². The molecule has 0 spiro atoms. The van der Waals surface area contributed by atoms with Crippen LogP contribution in [0.25, 0.3) is 6.08 Å². The number of aryl methyl sites for hydroxylation is 1. The summed E-state index contributed by atoms with van der Waals surface area (Å²) in [7, 11) is 0. The lowest BCUT2D eigenvalue weighted by Gasteiger charge is -2.12. The fourth-order valence-electron chi connectivity index (χ4n) is 3.17.